The van der Waals surface area contributed by atoms with Crippen LogP contribution in [0.3, 0.4) is 0 Å². The normalized spacial score (nSPS) is 11.2. The van der Waals surface area contributed by atoms with Gasteiger partial charge in [-0.25, -0.2) is 17.2 Å². The number of rotatable bonds is 5. The lowest BCUT2D eigenvalue weighted by molar-refractivity contribution is 0.101. The molecule has 1 heterocycles. The maximum Gasteiger partial charge on any atom is 0.261 e. The zero-order chi connectivity index (χ0) is 20.3. The molecule has 0 radical (unpaired) electrons. The minimum absolute atomic E-state index is 0.0881. The molecule has 0 saturated heterocycles. The molecule has 1 aromatic heterocycles. The number of hydrogen-bond acceptors (Lipinski definition) is 5. The van der Waals surface area contributed by atoms with E-state index in [1.54, 1.807) is 18.2 Å². The Labute approximate surface area is 160 Å². The number of halogens is 2. The average molecular weight is 403 g/mol. The summed E-state index contributed by atoms with van der Waals surface area (Å²) in [6.45, 7) is 1.51. The van der Waals surface area contributed by atoms with E-state index in [4.69, 9.17) is 0 Å². The van der Waals surface area contributed by atoms with Crippen LogP contribution in [0.2, 0.25) is 0 Å². The highest BCUT2D eigenvalue weighted by Crippen LogP contribution is 2.22. The summed E-state index contributed by atoms with van der Waals surface area (Å²) in [6.07, 6.45) is 0. The van der Waals surface area contributed by atoms with E-state index in [1.807, 2.05) is 0 Å². The number of amides is 1. The van der Waals surface area contributed by atoms with Crippen molar-refractivity contribution in [3.63, 3.8) is 0 Å². The Morgan fingerprint density at radius 1 is 1.00 bits per heavy atom. The number of nitrogens with one attached hydrogen (secondary N) is 1. The first-order valence-corrected chi connectivity index (χ1v) is 9.89. The predicted molar refractivity (Wildman–Crippen MR) is 99.5 cm³/mol. The molecule has 0 spiro atoms. The Morgan fingerprint density at radius 2 is 1.68 bits per heavy atom. The molecule has 0 fully saturated rings. The monoisotopic (exact) mass is 403 g/mol. The van der Waals surface area contributed by atoms with Crippen LogP contribution in [0.4, 0.5) is 14.5 Å². The fraction of sp³-hybridized carbons (Fsp3) is 0.105. The van der Waals surface area contributed by atoms with Crippen molar-refractivity contribution in [3.8, 4) is 11.3 Å². The maximum atomic E-state index is 13.7. The van der Waals surface area contributed by atoms with Crippen molar-refractivity contribution < 1.29 is 22.0 Å². The van der Waals surface area contributed by atoms with Crippen LogP contribution in [-0.2, 0) is 9.84 Å². The van der Waals surface area contributed by atoms with Gasteiger partial charge in [0.15, 0.2) is 14.9 Å². The quantitative estimate of drug-likeness (QED) is 0.705. The third kappa shape index (κ3) is 4.04. The van der Waals surface area contributed by atoms with Crippen molar-refractivity contribution in [1.82, 2.24) is 10.2 Å². The van der Waals surface area contributed by atoms with Crippen LogP contribution in [0.15, 0.2) is 59.6 Å². The highest BCUT2D eigenvalue weighted by atomic mass is 32.2. The van der Waals surface area contributed by atoms with Crippen molar-refractivity contribution in [2.24, 2.45) is 0 Å². The van der Waals surface area contributed by atoms with E-state index in [9.17, 15) is 22.0 Å². The lowest BCUT2D eigenvalue weighted by Gasteiger charge is -2.09. The summed E-state index contributed by atoms with van der Waals surface area (Å²) in [5, 5.41) is 9.95. The van der Waals surface area contributed by atoms with Gasteiger partial charge < -0.3 is 5.32 Å². The molecule has 0 saturated carbocycles. The van der Waals surface area contributed by atoms with Gasteiger partial charge in [0, 0.05) is 11.3 Å². The minimum Gasteiger partial charge on any atom is -0.322 e. The highest BCUT2D eigenvalue weighted by molar-refractivity contribution is 7.91. The summed E-state index contributed by atoms with van der Waals surface area (Å²) >= 11 is 0. The Bertz CT molecular complexity index is 1110. The summed E-state index contributed by atoms with van der Waals surface area (Å²) < 4.78 is 51.1. The molecular formula is C19H15F2N3O3S. The number of anilines is 1. The van der Waals surface area contributed by atoms with Crippen LogP contribution in [0, 0.1) is 11.6 Å². The summed E-state index contributed by atoms with van der Waals surface area (Å²) in [6, 6.07) is 12.4. The van der Waals surface area contributed by atoms with Gasteiger partial charge in [0.05, 0.1) is 11.4 Å². The third-order valence-corrected chi connectivity index (χ3v) is 5.56. The lowest BCUT2D eigenvalue weighted by atomic mass is 10.1. The maximum absolute atomic E-state index is 13.7. The second-order valence-electron chi connectivity index (χ2n) is 5.79. The van der Waals surface area contributed by atoms with Gasteiger partial charge in [-0.15, -0.1) is 10.2 Å². The number of hydrogen-bond donors (Lipinski definition) is 1. The summed E-state index contributed by atoms with van der Waals surface area (Å²) in [4.78, 5) is 12.2. The number of aromatic nitrogens is 2. The van der Waals surface area contributed by atoms with Crippen LogP contribution >= 0.6 is 0 Å². The van der Waals surface area contributed by atoms with Gasteiger partial charge in [-0.2, -0.15) is 0 Å². The molecule has 0 bridgehead atoms. The van der Waals surface area contributed by atoms with Gasteiger partial charge in [-0.05, 0) is 36.4 Å². The second kappa shape index (κ2) is 7.81. The molecule has 0 aliphatic heterocycles. The van der Waals surface area contributed by atoms with Crippen molar-refractivity contribution in [2.75, 3.05) is 11.1 Å². The predicted octanol–water partition coefficient (Wildman–Crippen LogP) is 3.47. The molecule has 28 heavy (non-hydrogen) atoms. The van der Waals surface area contributed by atoms with E-state index < -0.39 is 32.9 Å². The molecule has 0 aliphatic carbocycles. The number of carbonyl (C=O) groups excluding carboxylic acids is 1. The van der Waals surface area contributed by atoms with E-state index >= 15 is 0 Å². The number of benzene rings is 2. The first kappa shape index (κ1) is 19.6. The van der Waals surface area contributed by atoms with E-state index in [1.165, 1.54) is 31.2 Å². The summed E-state index contributed by atoms with van der Waals surface area (Å²) in [7, 11) is -3.46. The molecule has 3 aromatic rings. The zero-order valence-corrected chi connectivity index (χ0v) is 15.5. The number of sulfone groups is 1. The van der Waals surface area contributed by atoms with Gasteiger partial charge in [-0.3, -0.25) is 4.79 Å². The molecule has 9 heteroatoms. The molecule has 0 unspecified atom stereocenters. The molecule has 144 valence electrons. The Kier molecular flexibility index (Phi) is 5.46. The van der Waals surface area contributed by atoms with Crippen molar-refractivity contribution in [1.29, 1.82) is 0 Å². The van der Waals surface area contributed by atoms with Crippen LogP contribution in [0.5, 0.6) is 0 Å². The van der Waals surface area contributed by atoms with Gasteiger partial charge in [0.2, 0.25) is 0 Å². The number of nitrogens with zero attached hydrogens (tertiary/aromatic N) is 2. The molecule has 2 aromatic carbocycles. The van der Waals surface area contributed by atoms with Crippen LogP contribution in [0.25, 0.3) is 11.3 Å². The molecule has 0 aliphatic rings. The van der Waals surface area contributed by atoms with Crippen molar-refractivity contribution >= 4 is 21.4 Å². The summed E-state index contributed by atoms with van der Waals surface area (Å²) in [5.41, 5.74) is 0.530. The zero-order valence-electron chi connectivity index (χ0n) is 14.7. The van der Waals surface area contributed by atoms with Crippen LogP contribution < -0.4 is 5.32 Å². The van der Waals surface area contributed by atoms with Crippen molar-refractivity contribution in [2.45, 2.75) is 11.9 Å². The molecule has 3 rings (SSSR count). The van der Waals surface area contributed by atoms with E-state index in [0.717, 1.165) is 12.1 Å². The first-order chi connectivity index (χ1) is 13.3. The lowest BCUT2D eigenvalue weighted by Crippen LogP contribution is -2.15. The second-order valence-corrected chi connectivity index (χ2v) is 8.02. The standard InChI is InChI=1S/C19H15F2N3O3S/c1-2-28(26,27)17-10-9-16(23-24-17)12-5-3-6-13(11-12)22-19(25)18-14(20)7-4-8-15(18)21/h3-11H,2H2,1H3,(H,22,25). The first-order valence-electron chi connectivity index (χ1n) is 8.24. The molecule has 1 N–H and O–H groups in total. The Hall–Kier alpha value is -3.20. The topological polar surface area (TPSA) is 89.0 Å². The van der Waals surface area contributed by atoms with Crippen LogP contribution in [-0.4, -0.2) is 30.3 Å². The Morgan fingerprint density at radius 3 is 2.29 bits per heavy atom. The van der Waals surface area contributed by atoms with E-state index in [-0.39, 0.29) is 16.5 Å². The molecule has 6 nitrogen and oxygen atoms in total. The fourth-order valence-corrected chi connectivity index (χ4v) is 3.19. The van der Waals surface area contributed by atoms with E-state index in [2.05, 4.69) is 15.5 Å². The minimum atomic E-state index is -3.46. The van der Waals surface area contributed by atoms with E-state index in [0.29, 0.717) is 11.3 Å². The summed E-state index contributed by atoms with van der Waals surface area (Å²) in [5.74, 6) is -2.95. The molecular weight excluding hydrogens is 388 g/mol. The highest BCUT2D eigenvalue weighted by Gasteiger charge is 2.18. The van der Waals surface area contributed by atoms with Crippen LogP contribution in [0.1, 0.15) is 17.3 Å². The van der Waals surface area contributed by atoms with Crippen molar-refractivity contribution in [3.05, 3.63) is 71.8 Å². The largest absolute Gasteiger partial charge is 0.322 e. The number of carbonyl (C=O) groups is 1. The van der Waals surface area contributed by atoms with Gasteiger partial charge in [-0.1, -0.05) is 25.1 Å². The fourth-order valence-electron chi connectivity index (χ4n) is 2.45. The van der Waals surface area contributed by atoms with Gasteiger partial charge in [0.1, 0.15) is 17.2 Å². The van der Waals surface area contributed by atoms with Gasteiger partial charge >= 0.3 is 0 Å². The Balaban J connectivity index is 1.86. The SMILES string of the molecule is CCS(=O)(=O)c1ccc(-c2cccc(NC(=O)c3c(F)cccc3F)c2)nn1. The molecule has 0 atom stereocenters. The average Bonchev–Trinajstić information content (AvgIpc) is 2.68. The smallest absolute Gasteiger partial charge is 0.261 e. The molecule has 1 amide bonds. The third-order valence-electron chi connectivity index (χ3n) is 3.94. The van der Waals surface area contributed by atoms with Gasteiger partial charge in [0.25, 0.3) is 5.91 Å².